The summed E-state index contributed by atoms with van der Waals surface area (Å²) in [5, 5.41) is 0. The van der Waals surface area contributed by atoms with Crippen LogP contribution in [0.5, 0.6) is 0 Å². The van der Waals surface area contributed by atoms with Gasteiger partial charge in [0.25, 0.3) is 0 Å². The molecule has 7 heteroatoms. The van der Waals surface area contributed by atoms with Crippen molar-refractivity contribution in [2.75, 3.05) is 20.6 Å². The van der Waals surface area contributed by atoms with Crippen LogP contribution in [-0.4, -0.2) is 61.8 Å². The van der Waals surface area contributed by atoms with Gasteiger partial charge in [-0.25, -0.2) is 0 Å². The molecule has 0 amide bonds. The van der Waals surface area contributed by atoms with Crippen LogP contribution in [0.15, 0.2) is 23.3 Å². The van der Waals surface area contributed by atoms with E-state index in [1.54, 1.807) is 5.57 Å². The predicted octanol–water partition coefficient (Wildman–Crippen LogP) is 18.2. The second-order valence-corrected chi connectivity index (χ2v) is 25.4. The molecule has 0 bridgehead atoms. The molecule has 7 nitrogen and oxygen atoms in total. The van der Waals surface area contributed by atoms with Crippen LogP contribution in [0.4, 0.5) is 0 Å². The minimum absolute atomic E-state index is 0.00281. The second-order valence-electron chi connectivity index (χ2n) is 25.4. The van der Waals surface area contributed by atoms with Crippen LogP contribution in [0.1, 0.15) is 292 Å². The van der Waals surface area contributed by atoms with Crippen LogP contribution in [0.3, 0.4) is 0 Å². The summed E-state index contributed by atoms with van der Waals surface area (Å²) in [6.45, 7) is 17.9. The summed E-state index contributed by atoms with van der Waals surface area (Å²) in [7, 11) is 4.07. The molecule has 416 valence electrons. The smallest absolute Gasteiger partial charge is 0.306 e. The van der Waals surface area contributed by atoms with Crippen molar-refractivity contribution in [1.82, 2.24) is 4.90 Å². The first kappa shape index (κ1) is 62.4. The molecule has 3 fully saturated rings. The van der Waals surface area contributed by atoms with Gasteiger partial charge in [-0.1, -0.05) is 181 Å². The van der Waals surface area contributed by atoms with Crippen molar-refractivity contribution >= 4 is 17.9 Å². The van der Waals surface area contributed by atoms with E-state index in [0.29, 0.717) is 30.6 Å². The Bertz CT molecular complexity index is 1570. The molecule has 8 atom stereocenters. The maximum absolute atomic E-state index is 13.2. The molecule has 0 N–H and O–H groups in total. The van der Waals surface area contributed by atoms with E-state index < -0.39 is 0 Å². The highest BCUT2D eigenvalue weighted by Crippen LogP contribution is 2.66. The molecule has 4 aliphatic rings. The molecule has 0 saturated heterocycles. The lowest BCUT2D eigenvalue weighted by Crippen LogP contribution is -2.46. The minimum Gasteiger partial charge on any atom is -0.462 e. The Morgan fingerprint density at radius 1 is 0.556 bits per heavy atom. The van der Waals surface area contributed by atoms with E-state index in [1.165, 1.54) is 115 Å². The molecule has 0 radical (unpaired) electrons. The van der Waals surface area contributed by atoms with Gasteiger partial charge < -0.3 is 19.1 Å². The zero-order chi connectivity index (χ0) is 52.2. The number of unbranched alkanes of at least 4 members (excludes halogenated alkanes) is 16. The number of rotatable bonds is 40. The third-order valence-electron chi connectivity index (χ3n) is 18.7. The summed E-state index contributed by atoms with van der Waals surface area (Å²) in [6, 6.07) is 0. The Labute approximate surface area is 444 Å². The zero-order valence-electron chi connectivity index (χ0n) is 48.7. The van der Waals surface area contributed by atoms with E-state index in [2.05, 4.69) is 65.5 Å². The van der Waals surface area contributed by atoms with Gasteiger partial charge in [-0.15, -0.1) is 0 Å². The second kappa shape index (κ2) is 34.5. The predicted molar refractivity (Wildman–Crippen MR) is 302 cm³/mol. The fraction of sp³-hybridized carbons (Fsp3) is 0.892. The van der Waals surface area contributed by atoms with E-state index in [0.717, 1.165) is 146 Å². The molecular formula is C65H115NO6. The standard InChI is InChI=1S/C65H115NO6/c1-10-12-14-16-18-24-34-54(35-25-19-17-15-13-11-2)70-61(67)38-28-22-20-26-36-55(71-63(69)40-31-49-66(8)9)37-27-21-23-29-39-62(68)72-56-45-47-64(6)53(50-56)41-42-57-59-44-43-58(52(5)33-30-32-51(3)4)65(59,7)48-46-60(57)64/h41-42,51-52,54-56,58-60H,10-40,43-50H2,1-9H3. The molecule has 0 heterocycles. The summed E-state index contributed by atoms with van der Waals surface area (Å²) in [5.74, 6) is 3.70. The summed E-state index contributed by atoms with van der Waals surface area (Å²) in [4.78, 5) is 41.2. The van der Waals surface area contributed by atoms with Gasteiger partial charge in [0.1, 0.15) is 18.3 Å². The van der Waals surface area contributed by atoms with E-state index in [-0.39, 0.29) is 41.6 Å². The molecule has 0 aromatic carbocycles. The highest BCUT2D eigenvalue weighted by atomic mass is 16.6. The minimum atomic E-state index is -0.0890. The van der Waals surface area contributed by atoms with Gasteiger partial charge >= 0.3 is 17.9 Å². The number of hydrogen-bond donors (Lipinski definition) is 0. The molecule has 0 aromatic rings. The average molecular weight is 1010 g/mol. The lowest BCUT2D eigenvalue weighted by atomic mass is 9.50. The normalized spacial score (nSPS) is 24.6. The van der Waals surface area contributed by atoms with Crippen LogP contribution in [-0.2, 0) is 28.6 Å². The van der Waals surface area contributed by atoms with Crippen molar-refractivity contribution in [2.45, 2.75) is 311 Å². The molecule has 0 aliphatic heterocycles. The van der Waals surface area contributed by atoms with Crippen molar-refractivity contribution in [2.24, 2.45) is 40.4 Å². The molecular weight excluding hydrogens is 891 g/mol. The van der Waals surface area contributed by atoms with E-state index in [9.17, 15) is 14.4 Å². The summed E-state index contributed by atoms with van der Waals surface area (Å²) < 4.78 is 18.4. The van der Waals surface area contributed by atoms with E-state index in [4.69, 9.17) is 14.2 Å². The first-order chi connectivity index (χ1) is 34.7. The van der Waals surface area contributed by atoms with Crippen molar-refractivity contribution < 1.29 is 28.6 Å². The number of carbonyl (C=O) groups is 3. The number of nitrogens with zero attached hydrogens (tertiary/aromatic N) is 1. The third-order valence-corrected chi connectivity index (χ3v) is 18.7. The first-order valence-electron chi connectivity index (χ1n) is 31.3. The van der Waals surface area contributed by atoms with Gasteiger partial charge in [-0.2, -0.15) is 0 Å². The average Bonchev–Trinajstić information content (AvgIpc) is 3.70. The van der Waals surface area contributed by atoms with Crippen LogP contribution < -0.4 is 0 Å². The van der Waals surface area contributed by atoms with Crippen molar-refractivity contribution in [3.8, 4) is 0 Å². The van der Waals surface area contributed by atoms with Gasteiger partial charge in [0.15, 0.2) is 0 Å². The van der Waals surface area contributed by atoms with Gasteiger partial charge in [-0.3, -0.25) is 14.4 Å². The number of carbonyl (C=O) groups excluding carboxylic acids is 3. The highest BCUT2D eigenvalue weighted by Gasteiger charge is 2.57. The van der Waals surface area contributed by atoms with Gasteiger partial charge in [0.05, 0.1) is 0 Å². The van der Waals surface area contributed by atoms with Gasteiger partial charge in [-0.05, 0) is 170 Å². The van der Waals surface area contributed by atoms with Crippen LogP contribution in [0, 0.1) is 40.4 Å². The fourth-order valence-corrected chi connectivity index (χ4v) is 14.2. The zero-order valence-corrected chi connectivity index (χ0v) is 48.7. The van der Waals surface area contributed by atoms with Gasteiger partial charge in [0.2, 0.25) is 0 Å². The van der Waals surface area contributed by atoms with Crippen LogP contribution in [0.25, 0.3) is 0 Å². The number of fused-ring (bicyclic) bond motifs is 5. The largest absolute Gasteiger partial charge is 0.462 e. The summed E-state index contributed by atoms with van der Waals surface area (Å²) in [6.07, 6.45) is 46.4. The number of ether oxygens (including phenoxy) is 3. The van der Waals surface area contributed by atoms with E-state index in [1.807, 2.05) is 14.1 Å². The maximum Gasteiger partial charge on any atom is 0.306 e. The monoisotopic (exact) mass is 1010 g/mol. The summed E-state index contributed by atoms with van der Waals surface area (Å²) >= 11 is 0. The molecule has 4 aliphatic carbocycles. The molecule has 0 aromatic heterocycles. The molecule has 72 heavy (non-hydrogen) atoms. The Balaban J connectivity index is 1.14. The van der Waals surface area contributed by atoms with Crippen molar-refractivity contribution in [1.29, 1.82) is 0 Å². The maximum atomic E-state index is 13.2. The number of esters is 3. The Morgan fingerprint density at radius 3 is 1.61 bits per heavy atom. The quantitative estimate of drug-likeness (QED) is 0.0344. The Hall–Kier alpha value is -2.15. The first-order valence-corrected chi connectivity index (χ1v) is 31.3. The Kier molecular flexibility index (Phi) is 29.9. The third kappa shape index (κ3) is 21.8. The molecule has 8 unspecified atom stereocenters. The number of hydrogen-bond acceptors (Lipinski definition) is 7. The van der Waals surface area contributed by atoms with Crippen molar-refractivity contribution in [3.05, 3.63) is 23.3 Å². The van der Waals surface area contributed by atoms with Crippen LogP contribution in [0.2, 0.25) is 0 Å². The summed E-state index contributed by atoms with van der Waals surface area (Å²) in [5.41, 5.74) is 3.93. The lowest BCUT2D eigenvalue weighted by Gasteiger charge is -2.55. The Morgan fingerprint density at radius 2 is 1.07 bits per heavy atom. The number of allylic oxidation sites excluding steroid dienone is 3. The lowest BCUT2D eigenvalue weighted by molar-refractivity contribution is -0.151. The highest BCUT2D eigenvalue weighted by molar-refractivity contribution is 5.70. The SMILES string of the molecule is CCCCCCCCC(CCCCCCCC)OC(=O)CCCCCCC(CCCCCCC(=O)OC1CCC2(C)C(=CC=C3C2CCC2(C)C3CCC2C(C)CCCC(C)C)C1)OC(=O)CCCN(C)C. The van der Waals surface area contributed by atoms with Crippen LogP contribution >= 0.6 is 0 Å². The topological polar surface area (TPSA) is 82.1 Å². The molecule has 0 spiro atoms. The molecule has 4 rings (SSSR count). The fourth-order valence-electron chi connectivity index (χ4n) is 14.2. The van der Waals surface area contributed by atoms with Gasteiger partial charge in [0, 0.05) is 25.7 Å². The molecule has 3 saturated carbocycles. The van der Waals surface area contributed by atoms with Crippen molar-refractivity contribution in [3.63, 3.8) is 0 Å². The van der Waals surface area contributed by atoms with E-state index >= 15 is 0 Å².